The van der Waals surface area contributed by atoms with Gasteiger partial charge in [0.2, 0.25) is 5.88 Å². The molecule has 106 valence electrons. The molecule has 1 unspecified atom stereocenters. The highest BCUT2D eigenvalue weighted by Crippen LogP contribution is 2.26. The van der Waals surface area contributed by atoms with Crippen LogP contribution in [0.25, 0.3) is 0 Å². The summed E-state index contributed by atoms with van der Waals surface area (Å²) < 4.78 is 10.9. The standard InChI is InChI=1S/C15H19N3O2/c1-10(2)20-12-6-4-5-11(9-12)13(16)14-15(19-3)18-8-7-17-14/h4-10,13H,16H2,1-3H3. The summed E-state index contributed by atoms with van der Waals surface area (Å²) in [5.41, 5.74) is 7.77. The van der Waals surface area contributed by atoms with E-state index in [0.717, 1.165) is 11.3 Å². The number of hydrogen-bond donors (Lipinski definition) is 1. The van der Waals surface area contributed by atoms with Gasteiger partial charge in [-0.05, 0) is 31.5 Å². The Labute approximate surface area is 118 Å². The molecule has 0 aliphatic carbocycles. The minimum Gasteiger partial charge on any atom is -0.491 e. The SMILES string of the molecule is COc1nccnc1C(N)c1cccc(OC(C)C)c1. The zero-order valence-electron chi connectivity index (χ0n) is 11.9. The number of methoxy groups -OCH3 is 1. The molecule has 0 bridgehead atoms. The van der Waals surface area contributed by atoms with Crippen molar-refractivity contribution < 1.29 is 9.47 Å². The van der Waals surface area contributed by atoms with Crippen molar-refractivity contribution in [1.82, 2.24) is 9.97 Å². The average molecular weight is 273 g/mol. The highest BCUT2D eigenvalue weighted by atomic mass is 16.5. The summed E-state index contributed by atoms with van der Waals surface area (Å²) in [7, 11) is 1.55. The van der Waals surface area contributed by atoms with E-state index in [-0.39, 0.29) is 6.10 Å². The quantitative estimate of drug-likeness (QED) is 0.905. The van der Waals surface area contributed by atoms with E-state index in [1.807, 2.05) is 38.1 Å². The molecule has 0 aliphatic heterocycles. The van der Waals surface area contributed by atoms with Crippen LogP contribution in [0.15, 0.2) is 36.7 Å². The average Bonchev–Trinajstić information content (AvgIpc) is 2.46. The first-order valence-corrected chi connectivity index (χ1v) is 6.49. The number of nitrogens with two attached hydrogens (primary N) is 1. The van der Waals surface area contributed by atoms with Crippen molar-refractivity contribution in [2.75, 3.05) is 7.11 Å². The van der Waals surface area contributed by atoms with Crippen molar-refractivity contribution in [3.8, 4) is 11.6 Å². The number of ether oxygens (including phenoxy) is 2. The topological polar surface area (TPSA) is 70.3 Å². The van der Waals surface area contributed by atoms with Gasteiger partial charge in [0.25, 0.3) is 0 Å². The molecule has 0 fully saturated rings. The largest absolute Gasteiger partial charge is 0.491 e. The first-order valence-electron chi connectivity index (χ1n) is 6.49. The highest BCUT2D eigenvalue weighted by Gasteiger charge is 2.17. The van der Waals surface area contributed by atoms with E-state index in [9.17, 15) is 0 Å². The smallest absolute Gasteiger partial charge is 0.237 e. The molecule has 1 aromatic heterocycles. The molecule has 0 saturated heterocycles. The summed E-state index contributed by atoms with van der Waals surface area (Å²) in [4.78, 5) is 8.38. The Morgan fingerprint density at radius 3 is 2.60 bits per heavy atom. The predicted octanol–water partition coefficient (Wildman–Crippen LogP) is 2.32. The minimum atomic E-state index is -0.408. The Balaban J connectivity index is 2.30. The van der Waals surface area contributed by atoms with E-state index in [0.29, 0.717) is 11.6 Å². The van der Waals surface area contributed by atoms with Gasteiger partial charge in [-0.15, -0.1) is 0 Å². The highest BCUT2D eigenvalue weighted by molar-refractivity contribution is 5.36. The zero-order valence-corrected chi connectivity index (χ0v) is 11.9. The first kappa shape index (κ1) is 14.3. The van der Waals surface area contributed by atoms with Crippen LogP contribution in [0.3, 0.4) is 0 Å². The van der Waals surface area contributed by atoms with Gasteiger partial charge in [-0.2, -0.15) is 0 Å². The number of hydrogen-bond acceptors (Lipinski definition) is 5. The van der Waals surface area contributed by atoms with Gasteiger partial charge in [-0.1, -0.05) is 12.1 Å². The number of nitrogens with zero attached hydrogens (tertiary/aromatic N) is 2. The molecule has 1 aromatic carbocycles. The van der Waals surface area contributed by atoms with Gasteiger partial charge in [0.15, 0.2) is 0 Å². The van der Waals surface area contributed by atoms with E-state index in [4.69, 9.17) is 15.2 Å². The molecular weight excluding hydrogens is 254 g/mol. The van der Waals surface area contributed by atoms with Crippen LogP contribution in [-0.2, 0) is 0 Å². The number of rotatable bonds is 5. The van der Waals surface area contributed by atoms with Crippen LogP contribution < -0.4 is 15.2 Å². The second-order valence-electron chi connectivity index (χ2n) is 4.67. The number of benzene rings is 1. The molecule has 0 saturated carbocycles. The molecule has 2 N–H and O–H groups in total. The van der Waals surface area contributed by atoms with Crippen LogP contribution in [0.4, 0.5) is 0 Å². The fraction of sp³-hybridized carbons (Fsp3) is 0.333. The third-order valence-corrected chi connectivity index (χ3v) is 2.77. The Kier molecular flexibility index (Phi) is 4.53. The summed E-state index contributed by atoms with van der Waals surface area (Å²) in [5, 5.41) is 0. The lowest BCUT2D eigenvalue weighted by Crippen LogP contribution is -2.16. The molecule has 2 aromatic rings. The number of aromatic nitrogens is 2. The van der Waals surface area contributed by atoms with Gasteiger partial charge in [0, 0.05) is 12.4 Å². The lowest BCUT2D eigenvalue weighted by Gasteiger charge is -2.16. The van der Waals surface area contributed by atoms with E-state index in [2.05, 4.69) is 9.97 Å². The fourth-order valence-corrected chi connectivity index (χ4v) is 1.92. The maximum Gasteiger partial charge on any atom is 0.237 e. The van der Waals surface area contributed by atoms with Crippen LogP contribution in [0.1, 0.15) is 31.1 Å². The molecule has 2 rings (SSSR count). The maximum atomic E-state index is 6.25. The van der Waals surface area contributed by atoms with Crippen LogP contribution in [0.2, 0.25) is 0 Å². The van der Waals surface area contributed by atoms with Crippen molar-refractivity contribution in [3.05, 3.63) is 47.9 Å². The lowest BCUT2D eigenvalue weighted by molar-refractivity contribution is 0.242. The van der Waals surface area contributed by atoms with Crippen LogP contribution in [0.5, 0.6) is 11.6 Å². The summed E-state index contributed by atoms with van der Waals surface area (Å²) >= 11 is 0. The van der Waals surface area contributed by atoms with Gasteiger partial charge in [0.05, 0.1) is 19.3 Å². The Morgan fingerprint density at radius 1 is 1.15 bits per heavy atom. The Morgan fingerprint density at radius 2 is 1.90 bits per heavy atom. The molecule has 0 aliphatic rings. The molecule has 0 radical (unpaired) electrons. The van der Waals surface area contributed by atoms with Gasteiger partial charge in [-0.25, -0.2) is 4.98 Å². The molecule has 5 heteroatoms. The molecule has 1 atom stereocenters. The van der Waals surface area contributed by atoms with Crippen molar-refractivity contribution in [2.45, 2.75) is 26.0 Å². The van der Waals surface area contributed by atoms with Crippen molar-refractivity contribution in [2.24, 2.45) is 5.73 Å². The molecule has 0 spiro atoms. The summed E-state index contributed by atoms with van der Waals surface area (Å²) in [6.45, 7) is 3.97. The lowest BCUT2D eigenvalue weighted by atomic mass is 10.0. The van der Waals surface area contributed by atoms with Crippen LogP contribution in [0, 0.1) is 0 Å². The maximum absolute atomic E-state index is 6.25. The second-order valence-corrected chi connectivity index (χ2v) is 4.67. The predicted molar refractivity (Wildman–Crippen MR) is 76.8 cm³/mol. The molecule has 5 nitrogen and oxygen atoms in total. The van der Waals surface area contributed by atoms with Crippen molar-refractivity contribution in [3.63, 3.8) is 0 Å². The molecule has 1 heterocycles. The van der Waals surface area contributed by atoms with Gasteiger partial charge in [-0.3, -0.25) is 4.98 Å². The zero-order chi connectivity index (χ0) is 14.5. The Hall–Kier alpha value is -2.14. The minimum absolute atomic E-state index is 0.118. The normalized spacial score (nSPS) is 12.2. The van der Waals surface area contributed by atoms with Crippen molar-refractivity contribution in [1.29, 1.82) is 0 Å². The van der Waals surface area contributed by atoms with Crippen LogP contribution >= 0.6 is 0 Å². The Bertz CT molecular complexity index is 573. The van der Waals surface area contributed by atoms with Crippen LogP contribution in [-0.4, -0.2) is 23.2 Å². The monoisotopic (exact) mass is 273 g/mol. The first-order chi connectivity index (χ1) is 9.61. The van der Waals surface area contributed by atoms with E-state index >= 15 is 0 Å². The molecule has 0 amide bonds. The summed E-state index contributed by atoms with van der Waals surface area (Å²) in [5.74, 6) is 1.23. The van der Waals surface area contributed by atoms with Gasteiger partial charge in [0.1, 0.15) is 11.4 Å². The third-order valence-electron chi connectivity index (χ3n) is 2.77. The fourth-order valence-electron chi connectivity index (χ4n) is 1.92. The van der Waals surface area contributed by atoms with E-state index < -0.39 is 6.04 Å². The van der Waals surface area contributed by atoms with Gasteiger partial charge >= 0.3 is 0 Å². The summed E-state index contributed by atoms with van der Waals surface area (Å²) in [6, 6.07) is 7.26. The summed E-state index contributed by atoms with van der Waals surface area (Å²) in [6.07, 6.45) is 3.30. The second kappa shape index (κ2) is 6.34. The third kappa shape index (κ3) is 3.24. The molecule has 20 heavy (non-hydrogen) atoms. The van der Waals surface area contributed by atoms with E-state index in [1.165, 1.54) is 0 Å². The van der Waals surface area contributed by atoms with Gasteiger partial charge < -0.3 is 15.2 Å². The van der Waals surface area contributed by atoms with Crippen molar-refractivity contribution >= 4 is 0 Å². The molecular formula is C15H19N3O2. The van der Waals surface area contributed by atoms with E-state index in [1.54, 1.807) is 19.5 Å².